The number of hydroxylamine groups is 2. The first-order valence-corrected chi connectivity index (χ1v) is 6.01. The molecule has 0 atom stereocenters. The Morgan fingerprint density at radius 3 is 2.50 bits per heavy atom. The standard InChI is InChI=1S/C13H12INO/c1-9-8-12(14)10(2)15(16)13(9)11-6-4-3-5-7-11/h3-8,16H,2H2,1H3. The number of hydrogen-bond donors (Lipinski definition) is 1. The van der Waals surface area contributed by atoms with Crippen LogP contribution in [0.15, 0.2) is 57.8 Å². The van der Waals surface area contributed by atoms with Gasteiger partial charge in [-0.25, -0.2) is 5.06 Å². The molecule has 2 rings (SSSR count). The van der Waals surface area contributed by atoms with Gasteiger partial charge in [0.2, 0.25) is 0 Å². The van der Waals surface area contributed by atoms with Gasteiger partial charge in [0, 0.05) is 9.14 Å². The van der Waals surface area contributed by atoms with Crippen LogP contribution in [0.3, 0.4) is 0 Å². The molecule has 0 saturated heterocycles. The van der Waals surface area contributed by atoms with Gasteiger partial charge in [-0.1, -0.05) is 36.9 Å². The summed E-state index contributed by atoms with van der Waals surface area (Å²) < 4.78 is 0.956. The molecule has 0 bridgehead atoms. The second-order valence-electron chi connectivity index (χ2n) is 3.65. The molecule has 0 aromatic heterocycles. The van der Waals surface area contributed by atoms with Crippen molar-refractivity contribution in [1.82, 2.24) is 5.06 Å². The van der Waals surface area contributed by atoms with Gasteiger partial charge in [0.1, 0.15) is 0 Å². The van der Waals surface area contributed by atoms with E-state index in [4.69, 9.17) is 0 Å². The lowest BCUT2D eigenvalue weighted by molar-refractivity contribution is 0.0129. The molecule has 0 unspecified atom stereocenters. The minimum atomic E-state index is 0.616. The van der Waals surface area contributed by atoms with Gasteiger partial charge < -0.3 is 0 Å². The summed E-state index contributed by atoms with van der Waals surface area (Å²) in [5.74, 6) is 0. The van der Waals surface area contributed by atoms with Crippen molar-refractivity contribution < 1.29 is 5.21 Å². The largest absolute Gasteiger partial charge is 0.283 e. The third kappa shape index (κ3) is 1.92. The van der Waals surface area contributed by atoms with Crippen molar-refractivity contribution in [3.63, 3.8) is 0 Å². The average molecular weight is 325 g/mol. The van der Waals surface area contributed by atoms with E-state index in [1.165, 1.54) is 0 Å². The third-order valence-electron chi connectivity index (χ3n) is 2.51. The molecule has 1 aliphatic heterocycles. The van der Waals surface area contributed by atoms with Crippen LogP contribution in [0.2, 0.25) is 0 Å². The summed E-state index contributed by atoms with van der Waals surface area (Å²) >= 11 is 2.17. The van der Waals surface area contributed by atoms with E-state index >= 15 is 0 Å². The van der Waals surface area contributed by atoms with Gasteiger partial charge >= 0.3 is 0 Å². The Morgan fingerprint density at radius 1 is 1.25 bits per heavy atom. The molecule has 1 aromatic rings. The van der Waals surface area contributed by atoms with E-state index in [1.807, 2.05) is 43.3 Å². The van der Waals surface area contributed by atoms with Gasteiger partial charge in [0.25, 0.3) is 0 Å². The maximum absolute atomic E-state index is 10.1. The Morgan fingerprint density at radius 2 is 1.88 bits per heavy atom. The van der Waals surface area contributed by atoms with Gasteiger partial charge in [-0.15, -0.1) is 0 Å². The minimum absolute atomic E-state index is 0.616. The van der Waals surface area contributed by atoms with E-state index in [-0.39, 0.29) is 0 Å². The fourth-order valence-corrected chi connectivity index (χ4v) is 2.39. The lowest BCUT2D eigenvalue weighted by Gasteiger charge is -2.27. The van der Waals surface area contributed by atoms with Gasteiger partial charge in [-0.2, -0.15) is 0 Å². The van der Waals surface area contributed by atoms with Crippen LogP contribution in [-0.4, -0.2) is 10.3 Å². The van der Waals surface area contributed by atoms with Crippen molar-refractivity contribution in [3.05, 3.63) is 63.4 Å². The van der Waals surface area contributed by atoms with Gasteiger partial charge in [-0.3, -0.25) is 5.21 Å². The highest BCUT2D eigenvalue weighted by molar-refractivity contribution is 14.1. The van der Waals surface area contributed by atoms with Gasteiger partial charge in [-0.05, 0) is 41.2 Å². The summed E-state index contributed by atoms with van der Waals surface area (Å²) in [7, 11) is 0. The normalized spacial score (nSPS) is 16.6. The molecule has 1 aliphatic rings. The molecule has 3 heteroatoms. The van der Waals surface area contributed by atoms with Crippen molar-refractivity contribution in [3.8, 4) is 0 Å². The Kier molecular flexibility index (Phi) is 3.16. The Balaban J connectivity index is 2.55. The molecule has 1 N–H and O–H groups in total. The summed E-state index contributed by atoms with van der Waals surface area (Å²) in [5, 5.41) is 11.2. The summed E-state index contributed by atoms with van der Waals surface area (Å²) in [6.07, 6.45) is 2.03. The zero-order chi connectivity index (χ0) is 11.7. The van der Waals surface area contributed by atoms with Gasteiger partial charge in [0.15, 0.2) is 0 Å². The summed E-state index contributed by atoms with van der Waals surface area (Å²) in [6, 6.07) is 9.81. The fourth-order valence-electron chi connectivity index (χ4n) is 1.69. The molecular weight excluding hydrogens is 313 g/mol. The van der Waals surface area contributed by atoms with Gasteiger partial charge in [0.05, 0.1) is 11.4 Å². The zero-order valence-corrected chi connectivity index (χ0v) is 11.1. The first kappa shape index (κ1) is 11.4. The lowest BCUT2D eigenvalue weighted by atomic mass is 10.0. The number of halogens is 1. The predicted molar refractivity (Wildman–Crippen MR) is 73.9 cm³/mol. The van der Waals surface area contributed by atoms with Crippen molar-refractivity contribution in [2.24, 2.45) is 0 Å². The van der Waals surface area contributed by atoms with Crippen LogP contribution in [0.5, 0.6) is 0 Å². The molecule has 0 fully saturated rings. The summed E-state index contributed by atoms with van der Waals surface area (Å²) in [5.41, 5.74) is 3.44. The molecule has 0 aliphatic carbocycles. The van der Waals surface area contributed by atoms with Crippen LogP contribution in [0.1, 0.15) is 12.5 Å². The fraction of sp³-hybridized carbons (Fsp3) is 0.0769. The summed E-state index contributed by atoms with van der Waals surface area (Å²) in [4.78, 5) is 0. The van der Waals surface area contributed by atoms with E-state index in [0.717, 1.165) is 25.5 Å². The van der Waals surface area contributed by atoms with E-state index in [1.54, 1.807) is 0 Å². The Hall–Kier alpha value is -1.07. The smallest absolute Gasteiger partial charge is 0.0795 e. The second-order valence-corrected chi connectivity index (χ2v) is 4.81. The van der Waals surface area contributed by atoms with Crippen molar-refractivity contribution >= 4 is 28.3 Å². The van der Waals surface area contributed by atoms with Crippen molar-refractivity contribution in [1.29, 1.82) is 0 Å². The Bertz CT molecular complexity index is 488. The molecule has 0 saturated carbocycles. The van der Waals surface area contributed by atoms with E-state index in [9.17, 15) is 5.21 Å². The minimum Gasteiger partial charge on any atom is -0.283 e. The van der Waals surface area contributed by atoms with Crippen LogP contribution in [0, 0.1) is 0 Å². The quantitative estimate of drug-likeness (QED) is 0.790. The number of nitrogens with zero attached hydrogens (tertiary/aromatic N) is 1. The molecule has 0 amide bonds. The predicted octanol–water partition coefficient (Wildman–Crippen LogP) is 3.96. The third-order valence-corrected chi connectivity index (χ3v) is 3.44. The van der Waals surface area contributed by atoms with Crippen LogP contribution >= 0.6 is 22.6 Å². The molecule has 2 nitrogen and oxygen atoms in total. The van der Waals surface area contributed by atoms with E-state index < -0.39 is 0 Å². The lowest BCUT2D eigenvalue weighted by Crippen LogP contribution is -2.20. The molecule has 0 radical (unpaired) electrons. The highest BCUT2D eigenvalue weighted by Gasteiger charge is 2.20. The molecule has 1 heterocycles. The maximum atomic E-state index is 10.1. The summed E-state index contributed by atoms with van der Waals surface area (Å²) in [6.45, 7) is 5.84. The van der Waals surface area contributed by atoms with Crippen LogP contribution < -0.4 is 0 Å². The molecule has 0 spiro atoms. The highest BCUT2D eigenvalue weighted by atomic mass is 127. The van der Waals surface area contributed by atoms with E-state index in [2.05, 4.69) is 29.2 Å². The molecular formula is C13H12INO. The number of allylic oxidation sites excluding steroid dienone is 3. The number of rotatable bonds is 1. The first-order valence-electron chi connectivity index (χ1n) is 4.93. The van der Waals surface area contributed by atoms with Crippen LogP contribution in [-0.2, 0) is 0 Å². The average Bonchev–Trinajstić information content (AvgIpc) is 2.28. The zero-order valence-electron chi connectivity index (χ0n) is 8.94. The highest BCUT2D eigenvalue weighted by Crippen LogP contribution is 2.35. The van der Waals surface area contributed by atoms with Crippen LogP contribution in [0.25, 0.3) is 5.70 Å². The maximum Gasteiger partial charge on any atom is 0.0795 e. The molecule has 16 heavy (non-hydrogen) atoms. The SMILES string of the molecule is C=C1C(I)=CC(C)=C(c2ccccc2)N1O. The first-order chi connectivity index (χ1) is 7.61. The number of hydrogen-bond acceptors (Lipinski definition) is 2. The topological polar surface area (TPSA) is 23.5 Å². The number of benzene rings is 1. The molecule has 82 valence electrons. The molecule has 1 aromatic carbocycles. The van der Waals surface area contributed by atoms with Crippen molar-refractivity contribution in [2.75, 3.05) is 0 Å². The Labute approximate surface area is 109 Å². The van der Waals surface area contributed by atoms with Crippen LogP contribution in [0.4, 0.5) is 0 Å². The van der Waals surface area contributed by atoms with Crippen molar-refractivity contribution in [2.45, 2.75) is 6.92 Å². The second kappa shape index (κ2) is 4.43. The van der Waals surface area contributed by atoms with E-state index in [0.29, 0.717) is 5.70 Å². The monoisotopic (exact) mass is 325 g/mol.